The van der Waals surface area contributed by atoms with Gasteiger partial charge in [0, 0.05) is 52.2 Å². The Morgan fingerprint density at radius 1 is 1.17 bits per heavy atom. The van der Waals surface area contributed by atoms with Crippen LogP contribution in [0.5, 0.6) is 11.5 Å². The minimum Gasteiger partial charge on any atom is -0.454 e. The lowest BCUT2D eigenvalue weighted by Gasteiger charge is -2.19. The fourth-order valence-corrected chi connectivity index (χ4v) is 4.26. The lowest BCUT2D eigenvalue weighted by Crippen LogP contribution is -2.35. The number of benzene rings is 1. The number of carbonyl (C=O) groups excluding carboxylic acids is 1. The summed E-state index contributed by atoms with van der Waals surface area (Å²) in [6.45, 7) is 5.10. The zero-order valence-corrected chi connectivity index (χ0v) is 17.0. The molecule has 3 aliphatic rings. The molecule has 160 valence electrons. The molecule has 1 N–H and O–H groups in total. The Bertz CT molecular complexity index is 909. The van der Waals surface area contributed by atoms with Gasteiger partial charge in [-0.1, -0.05) is 6.07 Å². The first kappa shape index (κ1) is 19.3. The van der Waals surface area contributed by atoms with Crippen molar-refractivity contribution >= 4 is 5.91 Å². The number of rotatable bonds is 6. The van der Waals surface area contributed by atoms with E-state index < -0.39 is 0 Å². The van der Waals surface area contributed by atoms with Gasteiger partial charge >= 0.3 is 0 Å². The highest BCUT2D eigenvalue weighted by atomic mass is 16.7. The van der Waals surface area contributed by atoms with Gasteiger partial charge in [0.05, 0.1) is 0 Å². The third-order valence-electron chi connectivity index (χ3n) is 5.91. The van der Waals surface area contributed by atoms with Crippen molar-refractivity contribution in [3.63, 3.8) is 0 Å². The molecule has 0 aliphatic carbocycles. The van der Waals surface area contributed by atoms with Crippen LogP contribution in [-0.4, -0.2) is 64.7 Å². The number of nitrogens with one attached hydrogen (secondary N) is 1. The Kier molecular flexibility index (Phi) is 5.54. The van der Waals surface area contributed by atoms with E-state index in [2.05, 4.69) is 37.1 Å². The number of ether oxygens (including phenoxy) is 3. The summed E-state index contributed by atoms with van der Waals surface area (Å²) in [6.07, 6.45) is 3.02. The van der Waals surface area contributed by atoms with Gasteiger partial charge in [0.2, 0.25) is 12.7 Å². The van der Waals surface area contributed by atoms with Crippen LogP contribution in [0.3, 0.4) is 0 Å². The molecule has 1 amide bonds. The molecule has 0 unspecified atom stereocenters. The average Bonchev–Trinajstić information content (AvgIpc) is 3.49. The molecule has 0 bridgehead atoms. The molecular weight excluding hydrogens is 386 g/mol. The Labute approximate surface area is 175 Å². The van der Waals surface area contributed by atoms with Gasteiger partial charge in [-0.3, -0.25) is 9.69 Å². The summed E-state index contributed by atoms with van der Waals surface area (Å²) in [5.74, 6) is 3.58. The van der Waals surface area contributed by atoms with Crippen molar-refractivity contribution < 1.29 is 19.0 Å². The highest BCUT2D eigenvalue weighted by Gasteiger charge is 2.24. The highest BCUT2D eigenvalue weighted by Crippen LogP contribution is 2.32. The zero-order valence-electron chi connectivity index (χ0n) is 17.0. The summed E-state index contributed by atoms with van der Waals surface area (Å²) in [6, 6.07) is 6.14. The van der Waals surface area contributed by atoms with Gasteiger partial charge in [0.1, 0.15) is 17.8 Å². The van der Waals surface area contributed by atoms with Gasteiger partial charge in [0.15, 0.2) is 11.5 Å². The first-order chi connectivity index (χ1) is 14.8. The fraction of sp³-hybridized carbons (Fsp3) is 0.571. The predicted molar refractivity (Wildman–Crippen MR) is 107 cm³/mol. The van der Waals surface area contributed by atoms with Crippen LogP contribution in [0, 0.1) is 0 Å². The summed E-state index contributed by atoms with van der Waals surface area (Å²) in [5.41, 5.74) is 1.22. The predicted octanol–water partition coefficient (Wildman–Crippen LogP) is 0.903. The number of amides is 1. The van der Waals surface area contributed by atoms with E-state index >= 15 is 0 Å². The number of carbonyl (C=O) groups is 1. The van der Waals surface area contributed by atoms with E-state index in [1.54, 1.807) is 0 Å². The van der Waals surface area contributed by atoms with Crippen LogP contribution in [0.25, 0.3) is 0 Å². The van der Waals surface area contributed by atoms with Crippen LogP contribution in [0.2, 0.25) is 0 Å². The number of aromatic nitrogens is 3. The molecule has 30 heavy (non-hydrogen) atoms. The van der Waals surface area contributed by atoms with E-state index in [-0.39, 0.29) is 12.0 Å². The molecule has 5 rings (SSSR count). The largest absolute Gasteiger partial charge is 0.454 e. The molecule has 9 heteroatoms. The average molecular weight is 413 g/mol. The Morgan fingerprint density at radius 3 is 3.00 bits per heavy atom. The van der Waals surface area contributed by atoms with Crippen LogP contribution < -0.4 is 14.8 Å². The standard InChI is InChI=1S/C21H27N5O4/c27-21(17-2-1-11-28-17)22-7-5-19-23-24-20-6-8-25(9-10-26(19)20)13-15-3-4-16-18(12-15)30-14-29-16/h3-4,12,17H,1-2,5-11,13-14H2,(H,22,27)/t17-/m0/s1. The molecule has 1 fully saturated rings. The van der Waals surface area contributed by atoms with E-state index in [0.717, 1.165) is 68.6 Å². The second-order valence-electron chi connectivity index (χ2n) is 7.94. The quantitative estimate of drug-likeness (QED) is 0.753. The Balaban J connectivity index is 1.15. The van der Waals surface area contributed by atoms with E-state index in [0.29, 0.717) is 26.4 Å². The lowest BCUT2D eigenvalue weighted by molar-refractivity contribution is -0.130. The monoisotopic (exact) mass is 413 g/mol. The van der Waals surface area contributed by atoms with Crippen LogP contribution in [0.15, 0.2) is 18.2 Å². The van der Waals surface area contributed by atoms with Gasteiger partial charge in [0.25, 0.3) is 0 Å². The van der Waals surface area contributed by atoms with Crippen LogP contribution >= 0.6 is 0 Å². The van der Waals surface area contributed by atoms with E-state index in [4.69, 9.17) is 14.2 Å². The summed E-state index contributed by atoms with van der Waals surface area (Å²) in [7, 11) is 0. The van der Waals surface area contributed by atoms with Gasteiger partial charge in [-0.05, 0) is 30.5 Å². The van der Waals surface area contributed by atoms with Gasteiger partial charge in [-0.15, -0.1) is 10.2 Å². The minimum absolute atomic E-state index is 0.0157. The fourth-order valence-electron chi connectivity index (χ4n) is 4.26. The normalized spacial score (nSPS) is 20.7. The van der Waals surface area contributed by atoms with Crippen molar-refractivity contribution in [1.82, 2.24) is 25.0 Å². The molecule has 3 aliphatic heterocycles. The van der Waals surface area contributed by atoms with Crippen molar-refractivity contribution in [2.75, 3.05) is 33.0 Å². The van der Waals surface area contributed by atoms with Crippen molar-refractivity contribution in [2.45, 2.75) is 44.9 Å². The second-order valence-corrected chi connectivity index (χ2v) is 7.94. The van der Waals surface area contributed by atoms with Gasteiger partial charge < -0.3 is 24.1 Å². The Morgan fingerprint density at radius 2 is 2.10 bits per heavy atom. The second kappa shape index (κ2) is 8.61. The van der Waals surface area contributed by atoms with Crippen molar-refractivity contribution in [1.29, 1.82) is 0 Å². The van der Waals surface area contributed by atoms with Crippen molar-refractivity contribution in [2.24, 2.45) is 0 Å². The molecule has 9 nitrogen and oxygen atoms in total. The maximum atomic E-state index is 12.1. The smallest absolute Gasteiger partial charge is 0.249 e. The maximum Gasteiger partial charge on any atom is 0.249 e. The molecule has 0 saturated carbocycles. The Hall–Kier alpha value is -2.65. The first-order valence-electron chi connectivity index (χ1n) is 10.7. The number of hydrogen-bond donors (Lipinski definition) is 1. The van der Waals surface area contributed by atoms with Crippen molar-refractivity contribution in [3.05, 3.63) is 35.4 Å². The topological polar surface area (TPSA) is 90.7 Å². The van der Waals surface area contributed by atoms with Gasteiger partial charge in [-0.2, -0.15) is 0 Å². The minimum atomic E-state index is -0.287. The maximum absolute atomic E-state index is 12.1. The van der Waals surface area contributed by atoms with Crippen LogP contribution in [-0.2, 0) is 35.5 Å². The summed E-state index contributed by atoms with van der Waals surface area (Å²) in [4.78, 5) is 14.5. The molecule has 2 aromatic rings. The molecule has 0 radical (unpaired) electrons. The molecule has 1 aromatic carbocycles. The van der Waals surface area contributed by atoms with E-state index in [9.17, 15) is 4.79 Å². The van der Waals surface area contributed by atoms with Crippen LogP contribution in [0.1, 0.15) is 30.1 Å². The SMILES string of the molecule is O=C(NCCc1nnc2n1CCN(Cc1ccc3c(c1)OCO3)CC2)[C@@H]1CCCO1. The number of fused-ring (bicyclic) bond motifs is 2. The highest BCUT2D eigenvalue weighted by molar-refractivity contribution is 5.80. The molecule has 4 heterocycles. The first-order valence-corrected chi connectivity index (χ1v) is 10.7. The van der Waals surface area contributed by atoms with E-state index in [1.165, 1.54) is 5.56 Å². The van der Waals surface area contributed by atoms with Crippen LogP contribution in [0.4, 0.5) is 0 Å². The third-order valence-corrected chi connectivity index (χ3v) is 5.91. The van der Waals surface area contributed by atoms with Crippen molar-refractivity contribution in [3.8, 4) is 11.5 Å². The molecule has 1 aromatic heterocycles. The molecule has 1 atom stereocenters. The number of nitrogens with zero attached hydrogens (tertiary/aromatic N) is 4. The summed E-state index contributed by atoms with van der Waals surface area (Å²) < 4.78 is 18.5. The summed E-state index contributed by atoms with van der Waals surface area (Å²) in [5, 5.41) is 11.7. The molecule has 1 saturated heterocycles. The van der Waals surface area contributed by atoms with Gasteiger partial charge in [-0.25, -0.2) is 0 Å². The van der Waals surface area contributed by atoms with E-state index in [1.807, 2.05) is 6.07 Å². The molecular formula is C21H27N5O4. The lowest BCUT2D eigenvalue weighted by atomic mass is 10.2. The number of hydrogen-bond acceptors (Lipinski definition) is 7. The zero-order chi connectivity index (χ0) is 20.3. The molecule has 0 spiro atoms. The third kappa shape index (κ3) is 4.13. The summed E-state index contributed by atoms with van der Waals surface area (Å²) >= 11 is 0.